The van der Waals surface area contributed by atoms with Crippen LogP contribution in [0.1, 0.15) is 27.8 Å². The molecule has 10 heteroatoms. The summed E-state index contributed by atoms with van der Waals surface area (Å²) < 4.78 is 25.1. The molecule has 1 aliphatic rings. The Kier molecular flexibility index (Phi) is 12.2. The molecule has 1 saturated heterocycles. The Labute approximate surface area is 308 Å². The van der Waals surface area contributed by atoms with E-state index in [2.05, 4.69) is 44.4 Å². The maximum Gasteiger partial charge on any atom is 0.219 e. The second-order valence-electron chi connectivity index (χ2n) is 12.4. The van der Waals surface area contributed by atoms with Crippen molar-refractivity contribution in [3.8, 4) is 17.4 Å². The van der Waals surface area contributed by atoms with Crippen LogP contribution in [-0.2, 0) is 24.4 Å². The van der Waals surface area contributed by atoms with Crippen molar-refractivity contribution in [2.24, 2.45) is 0 Å². The first-order chi connectivity index (χ1) is 24.8. The summed E-state index contributed by atoms with van der Waals surface area (Å²) >= 11 is 13.0. The molecule has 0 atom stereocenters. The summed E-state index contributed by atoms with van der Waals surface area (Å²) in [5.41, 5.74) is 6.81. The molecule has 7 nitrogen and oxygen atoms in total. The number of aldehydes is 1. The zero-order valence-corrected chi connectivity index (χ0v) is 29.8. The minimum absolute atomic E-state index is 0.234. The molecule has 0 bridgehead atoms. The quantitative estimate of drug-likeness (QED) is 0.0905. The highest BCUT2D eigenvalue weighted by Crippen LogP contribution is 2.36. The van der Waals surface area contributed by atoms with E-state index >= 15 is 0 Å². The third kappa shape index (κ3) is 9.88. The lowest BCUT2D eigenvalue weighted by molar-refractivity contribution is -0.104. The molecule has 1 aromatic heterocycles. The monoisotopic (exact) mass is 724 g/mol. The Morgan fingerprint density at radius 2 is 1.65 bits per heavy atom. The molecular formula is C41H39Cl2FN4O3. The fourth-order valence-corrected chi connectivity index (χ4v) is 6.48. The molecule has 0 radical (unpaired) electrons. The molecule has 1 fully saturated rings. The number of allylic oxidation sites excluding steroid dienone is 1. The smallest absolute Gasteiger partial charge is 0.219 e. The van der Waals surface area contributed by atoms with E-state index in [9.17, 15) is 9.18 Å². The van der Waals surface area contributed by atoms with Crippen molar-refractivity contribution in [3.63, 3.8) is 0 Å². The van der Waals surface area contributed by atoms with E-state index in [1.807, 2.05) is 43.3 Å². The second kappa shape index (κ2) is 17.4. The molecule has 4 aromatic carbocycles. The molecule has 0 amide bonds. The van der Waals surface area contributed by atoms with Crippen molar-refractivity contribution >= 4 is 40.9 Å². The summed E-state index contributed by atoms with van der Waals surface area (Å²) in [7, 11) is 0. The third-order valence-electron chi connectivity index (χ3n) is 8.75. The van der Waals surface area contributed by atoms with Gasteiger partial charge in [-0.3, -0.25) is 9.69 Å². The molecule has 5 aromatic rings. The summed E-state index contributed by atoms with van der Waals surface area (Å²) in [4.78, 5) is 20.8. The summed E-state index contributed by atoms with van der Waals surface area (Å²) in [6.07, 6.45) is 4.91. The van der Waals surface area contributed by atoms with Crippen molar-refractivity contribution < 1.29 is 18.7 Å². The molecule has 0 spiro atoms. The van der Waals surface area contributed by atoms with Crippen molar-refractivity contribution in [2.45, 2.75) is 26.5 Å². The topological polar surface area (TPSA) is 66.9 Å². The van der Waals surface area contributed by atoms with E-state index in [0.29, 0.717) is 34.0 Å². The Morgan fingerprint density at radius 3 is 2.33 bits per heavy atom. The number of rotatable bonds is 14. The minimum Gasteiger partial charge on any atom is -0.487 e. The van der Waals surface area contributed by atoms with Gasteiger partial charge < -0.3 is 19.7 Å². The largest absolute Gasteiger partial charge is 0.487 e. The van der Waals surface area contributed by atoms with E-state index in [-0.39, 0.29) is 5.82 Å². The maximum absolute atomic E-state index is 13.1. The molecule has 0 saturated carbocycles. The zero-order chi connectivity index (χ0) is 35.6. The predicted octanol–water partition coefficient (Wildman–Crippen LogP) is 9.22. The van der Waals surface area contributed by atoms with Crippen molar-refractivity contribution in [2.75, 3.05) is 38.0 Å². The molecule has 1 N–H and O–H groups in total. The lowest BCUT2D eigenvalue weighted by atomic mass is 10.1. The van der Waals surface area contributed by atoms with E-state index in [1.165, 1.54) is 23.3 Å². The number of nitrogens with zero attached hydrogens (tertiary/aromatic N) is 3. The first-order valence-corrected chi connectivity index (χ1v) is 17.6. The molecule has 1 aliphatic heterocycles. The predicted molar refractivity (Wildman–Crippen MR) is 202 cm³/mol. The van der Waals surface area contributed by atoms with Crippen LogP contribution in [0.5, 0.6) is 17.4 Å². The number of piperazine rings is 1. The van der Waals surface area contributed by atoms with Crippen molar-refractivity contribution in [1.29, 1.82) is 0 Å². The summed E-state index contributed by atoms with van der Waals surface area (Å²) in [6.45, 7) is 7.15. The van der Waals surface area contributed by atoms with Gasteiger partial charge in [0.05, 0.1) is 11.2 Å². The van der Waals surface area contributed by atoms with Gasteiger partial charge in [-0.25, -0.2) is 9.37 Å². The summed E-state index contributed by atoms with van der Waals surface area (Å²) in [6, 6.07) is 30.0. The van der Waals surface area contributed by atoms with Gasteiger partial charge in [0.1, 0.15) is 24.5 Å². The van der Waals surface area contributed by atoms with Crippen LogP contribution in [0.2, 0.25) is 10.0 Å². The van der Waals surface area contributed by atoms with Gasteiger partial charge in [0.2, 0.25) is 5.88 Å². The lowest BCUT2D eigenvalue weighted by Gasteiger charge is -2.37. The normalized spacial score (nSPS) is 13.6. The number of anilines is 1. The number of carbonyl (C=O) groups excluding carboxylic acids is 1. The number of benzene rings is 4. The summed E-state index contributed by atoms with van der Waals surface area (Å²) in [5, 5.41) is 4.41. The highest BCUT2D eigenvalue weighted by molar-refractivity contribution is 6.32. The number of hydrogen-bond donors (Lipinski definition) is 1. The average molecular weight is 726 g/mol. The molecule has 6 rings (SSSR count). The first kappa shape index (κ1) is 35.9. The fraction of sp³-hybridized carbons (Fsp3) is 0.220. The number of aromatic nitrogens is 1. The highest BCUT2D eigenvalue weighted by Gasteiger charge is 2.22. The van der Waals surface area contributed by atoms with Gasteiger partial charge in [0.15, 0.2) is 5.75 Å². The standard InChI is InChI=1S/C41H39Cl2FN4O3/c1-29-24-33(25-38(43)41(29)51-40-15-14-36(26-46-40)50-28-32-4-2-3-5-37(32)42)39(17-23-49)48-21-19-47(20-22-48)27-31-8-6-30(7-9-31)16-18-45-35-12-10-34(44)11-13-35/h2-15,17,23-26,45H,16,18-22,27-28H2,1H3. The van der Waals surface area contributed by atoms with E-state index in [0.717, 1.165) is 80.1 Å². The Balaban J connectivity index is 1.00. The number of pyridine rings is 1. The Bertz CT molecular complexity index is 1920. The van der Waals surface area contributed by atoms with Crippen LogP contribution in [0.15, 0.2) is 109 Å². The van der Waals surface area contributed by atoms with Gasteiger partial charge in [0, 0.05) is 73.4 Å². The van der Waals surface area contributed by atoms with Crippen LogP contribution < -0.4 is 14.8 Å². The highest BCUT2D eigenvalue weighted by atomic mass is 35.5. The van der Waals surface area contributed by atoms with Crippen molar-refractivity contribution in [3.05, 3.63) is 153 Å². The van der Waals surface area contributed by atoms with Crippen LogP contribution >= 0.6 is 23.2 Å². The number of ether oxygens (including phenoxy) is 2. The summed E-state index contributed by atoms with van der Waals surface area (Å²) in [5.74, 6) is 1.24. The second-order valence-corrected chi connectivity index (χ2v) is 13.2. The van der Waals surface area contributed by atoms with Crippen LogP contribution in [0, 0.1) is 12.7 Å². The average Bonchev–Trinajstić information content (AvgIpc) is 3.14. The molecule has 0 aliphatic carbocycles. The molecule has 2 heterocycles. The SMILES string of the molecule is Cc1cc(C(=CC=O)N2CCN(Cc3ccc(CCNc4ccc(F)cc4)cc3)CC2)cc(Cl)c1Oc1ccc(OCc2ccccc2Cl)cn1. The maximum atomic E-state index is 13.1. The van der Waals surface area contributed by atoms with Gasteiger partial charge in [-0.1, -0.05) is 65.7 Å². The number of halogens is 3. The lowest BCUT2D eigenvalue weighted by Crippen LogP contribution is -2.45. The van der Waals surface area contributed by atoms with Crippen LogP contribution in [0.3, 0.4) is 0 Å². The van der Waals surface area contributed by atoms with Crippen LogP contribution in [0.25, 0.3) is 5.70 Å². The minimum atomic E-state index is -0.234. The fourth-order valence-electron chi connectivity index (χ4n) is 5.99. The van der Waals surface area contributed by atoms with Gasteiger partial charge in [-0.15, -0.1) is 0 Å². The van der Waals surface area contributed by atoms with Gasteiger partial charge in [-0.2, -0.15) is 0 Å². The van der Waals surface area contributed by atoms with E-state index < -0.39 is 0 Å². The van der Waals surface area contributed by atoms with E-state index in [4.69, 9.17) is 32.7 Å². The Morgan fingerprint density at radius 1 is 0.902 bits per heavy atom. The van der Waals surface area contributed by atoms with E-state index in [1.54, 1.807) is 36.5 Å². The number of aryl methyl sites for hydroxylation is 1. The van der Waals surface area contributed by atoms with Crippen LogP contribution in [-0.4, -0.2) is 53.8 Å². The number of hydrogen-bond acceptors (Lipinski definition) is 7. The molecule has 51 heavy (non-hydrogen) atoms. The van der Waals surface area contributed by atoms with Gasteiger partial charge in [-0.05, 0) is 84.1 Å². The Hall–Kier alpha value is -4.89. The van der Waals surface area contributed by atoms with Crippen LogP contribution in [0.4, 0.5) is 10.1 Å². The van der Waals surface area contributed by atoms with Gasteiger partial charge in [0.25, 0.3) is 0 Å². The first-order valence-electron chi connectivity index (χ1n) is 16.9. The van der Waals surface area contributed by atoms with Gasteiger partial charge >= 0.3 is 0 Å². The third-order valence-corrected chi connectivity index (χ3v) is 9.40. The number of carbonyl (C=O) groups is 1. The molecular weight excluding hydrogens is 686 g/mol. The zero-order valence-electron chi connectivity index (χ0n) is 28.3. The molecule has 0 unspecified atom stereocenters. The molecule has 262 valence electrons. The number of nitrogens with one attached hydrogen (secondary N) is 1. The van der Waals surface area contributed by atoms with Crippen molar-refractivity contribution in [1.82, 2.24) is 14.8 Å².